The van der Waals surface area contributed by atoms with E-state index in [9.17, 15) is 22.8 Å². The molecule has 1 fully saturated rings. The van der Waals surface area contributed by atoms with Crippen LogP contribution >= 0.6 is 0 Å². The Hall–Kier alpha value is -1.27. The molecule has 7 heteroatoms. The molecular weight excluding hydrogens is 251 g/mol. The second-order valence-electron chi connectivity index (χ2n) is 5.24. The van der Waals surface area contributed by atoms with Crippen LogP contribution in [0.15, 0.2) is 0 Å². The molecule has 0 radical (unpaired) electrons. The standard InChI is InChI=1S/C11H16F3NO3/c1-10(2,3)18-9(17)15-5-4-8(16)7(6-15)11(12,13)14/h7H,4-6H2,1-3H3. The molecule has 0 spiro atoms. The van der Waals surface area contributed by atoms with Crippen LogP contribution in [0.1, 0.15) is 27.2 Å². The minimum absolute atomic E-state index is 0.0275. The van der Waals surface area contributed by atoms with Gasteiger partial charge in [-0.2, -0.15) is 13.2 Å². The van der Waals surface area contributed by atoms with Crippen LogP contribution in [0.25, 0.3) is 0 Å². The summed E-state index contributed by atoms with van der Waals surface area (Å²) in [6.07, 6.45) is -5.72. The number of ketones is 1. The van der Waals surface area contributed by atoms with Gasteiger partial charge in [0.2, 0.25) is 0 Å². The molecule has 1 amide bonds. The van der Waals surface area contributed by atoms with Gasteiger partial charge in [-0.25, -0.2) is 4.79 Å². The fourth-order valence-corrected chi connectivity index (χ4v) is 1.61. The summed E-state index contributed by atoms with van der Waals surface area (Å²) in [6.45, 7) is 4.20. The maximum atomic E-state index is 12.6. The van der Waals surface area contributed by atoms with Gasteiger partial charge in [0.05, 0.1) is 0 Å². The lowest BCUT2D eigenvalue weighted by molar-refractivity contribution is -0.188. The second kappa shape index (κ2) is 4.78. The molecule has 1 unspecified atom stereocenters. The zero-order chi connectivity index (χ0) is 14.1. The Morgan fingerprint density at radius 2 is 1.89 bits per heavy atom. The average Bonchev–Trinajstić information content (AvgIpc) is 2.13. The van der Waals surface area contributed by atoms with Crippen molar-refractivity contribution < 1.29 is 27.5 Å². The molecule has 1 aliphatic rings. The highest BCUT2D eigenvalue weighted by Crippen LogP contribution is 2.31. The van der Waals surface area contributed by atoms with Crippen LogP contribution in [-0.4, -0.2) is 41.6 Å². The van der Waals surface area contributed by atoms with Gasteiger partial charge < -0.3 is 9.64 Å². The molecule has 1 rings (SSSR count). The van der Waals surface area contributed by atoms with Crippen molar-refractivity contribution in [3.8, 4) is 0 Å². The van der Waals surface area contributed by atoms with Crippen LogP contribution in [0.2, 0.25) is 0 Å². The maximum absolute atomic E-state index is 12.6. The molecule has 0 aromatic heterocycles. The summed E-state index contributed by atoms with van der Waals surface area (Å²) >= 11 is 0. The molecular formula is C11H16F3NO3. The van der Waals surface area contributed by atoms with Crippen LogP contribution in [0.3, 0.4) is 0 Å². The number of amides is 1. The van der Waals surface area contributed by atoms with Crippen molar-refractivity contribution in [1.29, 1.82) is 0 Å². The van der Waals surface area contributed by atoms with E-state index in [1.54, 1.807) is 20.8 Å². The Morgan fingerprint density at radius 3 is 2.33 bits per heavy atom. The van der Waals surface area contributed by atoms with Gasteiger partial charge in [-0.1, -0.05) is 0 Å². The van der Waals surface area contributed by atoms with E-state index in [0.717, 1.165) is 4.90 Å². The summed E-state index contributed by atoms with van der Waals surface area (Å²) in [5.41, 5.74) is -0.772. The van der Waals surface area contributed by atoms with Gasteiger partial charge in [-0.15, -0.1) is 0 Å². The third-order valence-corrected chi connectivity index (χ3v) is 2.47. The quantitative estimate of drug-likeness (QED) is 0.677. The number of ether oxygens (including phenoxy) is 1. The third kappa shape index (κ3) is 3.89. The van der Waals surface area contributed by atoms with Crippen molar-refractivity contribution in [2.75, 3.05) is 13.1 Å². The van der Waals surface area contributed by atoms with E-state index in [-0.39, 0.29) is 13.0 Å². The number of carbonyl (C=O) groups is 2. The predicted molar refractivity (Wildman–Crippen MR) is 57.0 cm³/mol. The van der Waals surface area contributed by atoms with E-state index in [2.05, 4.69) is 0 Å². The van der Waals surface area contributed by atoms with E-state index in [0.29, 0.717) is 0 Å². The molecule has 1 atom stereocenters. The lowest BCUT2D eigenvalue weighted by Crippen LogP contribution is -2.50. The SMILES string of the molecule is CC(C)(C)OC(=O)N1CCC(=O)C(C(F)(F)F)C1. The highest BCUT2D eigenvalue weighted by atomic mass is 19.4. The van der Waals surface area contributed by atoms with Gasteiger partial charge in [0, 0.05) is 19.5 Å². The van der Waals surface area contributed by atoms with Crippen LogP contribution in [0.5, 0.6) is 0 Å². The highest BCUT2D eigenvalue weighted by Gasteiger charge is 2.48. The van der Waals surface area contributed by atoms with Gasteiger partial charge in [0.1, 0.15) is 17.3 Å². The van der Waals surface area contributed by atoms with E-state index in [4.69, 9.17) is 4.74 Å². The van der Waals surface area contributed by atoms with Gasteiger partial charge in [0.15, 0.2) is 0 Å². The normalized spacial score (nSPS) is 22.0. The highest BCUT2D eigenvalue weighted by molar-refractivity contribution is 5.84. The first-order chi connectivity index (χ1) is 8.00. The molecule has 0 bridgehead atoms. The third-order valence-electron chi connectivity index (χ3n) is 2.47. The summed E-state index contributed by atoms with van der Waals surface area (Å²) in [5, 5.41) is 0. The Morgan fingerprint density at radius 1 is 1.33 bits per heavy atom. The van der Waals surface area contributed by atoms with Crippen molar-refractivity contribution in [2.45, 2.75) is 39.0 Å². The molecule has 0 aromatic carbocycles. The fraction of sp³-hybridized carbons (Fsp3) is 0.818. The summed E-state index contributed by atoms with van der Waals surface area (Å²) in [5.74, 6) is -2.97. The smallest absolute Gasteiger partial charge is 0.410 e. The second-order valence-corrected chi connectivity index (χ2v) is 5.24. The fourth-order valence-electron chi connectivity index (χ4n) is 1.61. The van der Waals surface area contributed by atoms with Crippen LogP contribution in [0.4, 0.5) is 18.0 Å². The number of hydrogen-bond donors (Lipinski definition) is 0. The Labute approximate surface area is 103 Å². The van der Waals surface area contributed by atoms with Crippen LogP contribution in [0, 0.1) is 5.92 Å². The number of likely N-dealkylation sites (tertiary alicyclic amines) is 1. The Kier molecular flexibility index (Phi) is 3.92. The van der Waals surface area contributed by atoms with Gasteiger partial charge in [-0.05, 0) is 20.8 Å². The molecule has 0 N–H and O–H groups in total. The zero-order valence-corrected chi connectivity index (χ0v) is 10.5. The number of hydrogen-bond acceptors (Lipinski definition) is 3. The van der Waals surface area contributed by atoms with E-state index >= 15 is 0 Å². The molecule has 4 nitrogen and oxygen atoms in total. The van der Waals surface area contributed by atoms with E-state index in [1.807, 2.05) is 0 Å². The number of carbonyl (C=O) groups excluding carboxylic acids is 2. The number of halogens is 3. The van der Waals surface area contributed by atoms with E-state index < -0.39 is 36.1 Å². The predicted octanol–water partition coefficient (Wildman–Crippen LogP) is 2.37. The molecule has 0 saturated carbocycles. The summed E-state index contributed by atoms with van der Waals surface area (Å²) in [4.78, 5) is 23.7. The summed E-state index contributed by atoms with van der Waals surface area (Å²) < 4.78 is 42.7. The summed E-state index contributed by atoms with van der Waals surface area (Å²) in [6, 6.07) is 0. The Bertz CT molecular complexity index is 346. The van der Waals surface area contributed by atoms with Gasteiger partial charge in [0.25, 0.3) is 0 Å². The lowest BCUT2D eigenvalue weighted by atomic mass is 9.96. The van der Waals surface area contributed by atoms with Crippen LogP contribution < -0.4 is 0 Å². The Balaban J connectivity index is 2.71. The molecule has 1 heterocycles. The number of nitrogens with zero attached hydrogens (tertiary/aromatic N) is 1. The first-order valence-corrected chi connectivity index (χ1v) is 5.58. The number of Topliss-reactive ketones (excluding diaryl/α,β-unsaturated/α-hetero) is 1. The molecule has 104 valence electrons. The average molecular weight is 267 g/mol. The van der Waals surface area contributed by atoms with Crippen LogP contribution in [-0.2, 0) is 9.53 Å². The monoisotopic (exact) mass is 267 g/mol. The first-order valence-electron chi connectivity index (χ1n) is 5.58. The molecule has 0 aliphatic carbocycles. The van der Waals surface area contributed by atoms with Gasteiger partial charge >= 0.3 is 12.3 Å². The molecule has 1 aliphatic heterocycles. The van der Waals surface area contributed by atoms with Crippen molar-refractivity contribution in [1.82, 2.24) is 4.90 Å². The van der Waals surface area contributed by atoms with Crippen molar-refractivity contribution >= 4 is 11.9 Å². The lowest BCUT2D eigenvalue weighted by Gasteiger charge is -2.33. The zero-order valence-electron chi connectivity index (χ0n) is 10.5. The van der Waals surface area contributed by atoms with Crippen molar-refractivity contribution in [2.24, 2.45) is 5.92 Å². The molecule has 0 aromatic rings. The minimum Gasteiger partial charge on any atom is -0.444 e. The minimum atomic E-state index is -4.61. The maximum Gasteiger partial charge on any atom is 0.410 e. The van der Waals surface area contributed by atoms with Crippen molar-refractivity contribution in [3.63, 3.8) is 0 Å². The van der Waals surface area contributed by atoms with Crippen molar-refractivity contribution in [3.05, 3.63) is 0 Å². The summed E-state index contributed by atoms with van der Waals surface area (Å²) in [7, 11) is 0. The molecule has 18 heavy (non-hydrogen) atoms. The van der Waals surface area contributed by atoms with Gasteiger partial charge in [-0.3, -0.25) is 4.79 Å². The number of alkyl halides is 3. The number of piperidine rings is 1. The largest absolute Gasteiger partial charge is 0.444 e. The topological polar surface area (TPSA) is 46.6 Å². The molecule has 1 saturated heterocycles. The van der Waals surface area contributed by atoms with E-state index in [1.165, 1.54) is 0 Å². The number of rotatable bonds is 0. The first kappa shape index (κ1) is 14.8.